The molecule has 34 heavy (non-hydrogen) atoms. The Kier molecular flexibility index (Phi) is 7.11. The van der Waals surface area contributed by atoms with E-state index in [1.165, 1.54) is 18.9 Å². The molecule has 2 aliphatic rings. The molecule has 176 valence electrons. The van der Waals surface area contributed by atoms with Crippen LogP contribution in [0.1, 0.15) is 15.9 Å². The number of fused-ring (bicyclic) bond motifs is 1. The zero-order valence-electron chi connectivity index (χ0n) is 18.2. The summed E-state index contributed by atoms with van der Waals surface area (Å²) in [6, 6.07) is 17.8. The van der Waals surface area contributed by atoms with Crippen LogP contribution in [0.15, 0.2) is 71.9 Å². The quantitative estimate of drug-likeness (QED) is 0.422. The minimum atomic E-state index is -1.64. The van der Waals surface area contributed by atoms with Crippen molar-refractivity contribution in [3.05, 3.63) is 83.1 Å². The van der Waals surface area contributed by atoms with Gasteiger partial charge in [0.2, 0.25) is 11.0 Å². The molecule has 4 rings (SSSR count). The average Bonchev–Trinajstić information content (AvgIpc) is 2.86. The first kappa shape index (κ1) is 24.1. The van der Waals surface area contributed by atoms with Crippen LogP contribution in [-0.4, -0.2) is 62.6 Å². The van der Waals surface area contributed by atoms with E-state index < -0.39 is 28.9 Å². The highest BCUT2D eigenvalue weighted by molar-refractivity contribution is 8.14. The van der Waals surface area contributed by atoms with Gasteiger partial charge in [0.1, 0.15) is 11.1 Å². The molecule has 1 fully saturated rings. The molecule has 0 saturated carbocycles. The van der Waals surface area contributed by atoms with E-state index in [1.807, 2.05) is 18.2 Å². The molecule has 2 aromatic carbocycles. The number of aliphatic carboxylic acids is 1. The third kappa shape index (κ3) is 4.48. The van der Waals surface area contributed by atoms with Gasteiger partial charge in [0.05, 0.1) is 6.42 Å². The van der Waals surface area contributed by atoms with Crippen molar-refractivity contribution in [2.75, 3.05) is 18.6 Å². The van der Waals surface area contributed by atoms with Crippen molar-refractivity contribution in [2.45, 2.75) is 17.5 Å². The number of β-lactam (4-membered cyclic amide) rings is 1. The second-order valence-corrected chi connectivity index (χ2v) is 9.70. The van der Waals surface area contributed by atoms with Crippen molar-refractivity contribution in [3.8, 4) is 0 Å². The molecule has 2 amide bonds. The Morgan fingerprint density at radius 1 is 1.15 bits per heavy atom. The zero-order chi connectivity index (χ0) is 24.3. The molecule has 2 aromatic rings. The van der Waals surface area contributed by atoms with Gasteiger partial charge in [-0.2, -0.15) is 0 Å². The van der Waals surface area contributed by atoms with Crippen LogP contribution in [0, 0.1) is 0 Å². The average molecular weight is 499 g/mol. The Balaban J connectivity index is 1.50. The number of rotatable bonds is 8. The molecule has 0 spiro atoms. The van der Waals surface area contributed by atoms with Crippen molar-refractivity contribution < 1.29 is 29.0 Å². The summed E-state index contributed by atoms with van der Waals surface area (Å²) in [5, 5.41) is 11.6. The number of nitrogens with one attached hydrogen (secondary N) is 1. The van der Waals surface area contributed by atoms with Gasteiger partial charge in [0, 0.05) is 24.2 Å². The van der Waals surface area contributed by atoms with Crippen LogP contribution >= 0.6 is 23.5 Å². The van der Waals surface area contributed by atoms with Gasteiger partial charge < -0.3 is 15.2 Å². The number of thioether (sulfide) groups is 2. The fraction of sp³-hybridized carbons (Fsp3) is 0.250. The first-order chi connectivity index (χ1) is 16.4. The van der Waals surface area contributed by atoms with E-state index in [1.54, 1.807) is 42.5 Å². The normalized spacial score (nSPS) is 21.5. The molecule has 2 aliphatic heterocycles. The van der Waals surface area contributed by atoms with Crippen LogP contribution < -0.4 is 5.32 Å². The maximum Gasteiger partial charge on any atom is 0.352 e. The third-order valence-electron chi connectivity index (χ3n) is 5.55. The van der Waals surface area contributed by atoms with Crippen molar-refractivity contribution in [1.82, 2.24) is 10.2 Å². The maximum atomic E-state index is 13.2. The highest BCUT2D eigenvalue weighted by atomic mass is 32.2. The smallest absolute Gasteiger partial charge is 0.352 e. The number of benzene rings is 2. The fourth-order valence-electron chi connectivity index (χ4n) is 3.90. The molecule has 2 N–H and O–H groups in total. The van der Waals surface area contributed by atoms with Crippen LogP contribution in [0.3, 0.4) is 0 Å². The van der Waals surface area contributed by atoms with Gasteiger partial charge in [-0.3, -0.25) is 19.3 Å². The zero-order valence-corrected chi connectivity index (χ0v) is 19.9. The maximum absolute atomic E-state index is 13.2. The molecular formula is C24H22N2O6S2. The second kappa shape index (κ2) is 10.0. The Labute approximate surface area is 204 Å². The van der Waals surface area contributed by atoms with Crippen molar-refractivity contribution in [1.29, 1.82) is 0 Å². The second-order valence-electron chi connectivity index (χ2n) is 7.69. The monoisotopic (exact) mass is 498 g/mol. The number of nitrogens with zero attached hydrogens (tertiary/aromatic N) is 1. The van der Waals surface area contributed by atoms with Gasteiger partial charge >= 0.3 is 5.97 Å². The summed E-state index contributed by atoms with van der Waals surface area (Å²) in [6.45, 7) is 0. The van der Waals surface area contributed by atoms with Crippen molar-refractivity contribution >= 4 is 46.4 Å². The summed E-state index contributed by atoms with van der Waals surface area (Å²) >= 11 is 2.28. The van der Waals surface area contributed by atoms with Crippen LogP contribution in [-0.2, 0) is 25.5 Å². The third-order valence-corrected chi connectivity index (χ3v) is 7.92. The molecule has 8 nitrogen and oxygen atoms in total. The van der Waals surface area contributed by atoms with Crippen molar-refractivity contribution in [2.24, 2.45) is 0 Å². The Hall–Kier alpha value is -3.08. The standard InChI is InChI=1S/C24H22N2O6S2/c1-32-24(25-18(27)12-15-8-4-2-5-9-15)22(31)26-19(20(28)29)17(14-34-23(24)26)13-33-21(30)16-10-6-3-7-11-16/h2-11,23H,12-14H2,1H3,(H,25,27)(H,28,29)/t23-,24+/m1/s1. The van der Waals surface area contributed by atoms with Gasteiger partial charge in [-0.15, -0.1) is 11.8 Å². The van der Waals surface area contributed by atoms with Gasteiger partial charge in [-0.05, 0) is 11.1 Å². The van der Waals surface area contributed by atoms with E-state index in [-0.39, 0.29) is 28.7 Å². The molecule has 0 bridgehead atoms. The first-order valence-electron chi connectivity index (χ1n) is 10.4. The largest absolute Gasteiger partial charge is 0.477 e. The van der Waals surface area contributed by atoms with Crippen LogP contribution in [0.4, 0.5) is 0 Å². The van der Waals surface area contributed by atoms with Crippen LogP contribution in [0.25, 0.3) is 0 Å². The van der Waals surface area contributed by atoms with E-state index >= 15 is 0 Å². The van der Waals surface area contributed by atoms with Gasteiger partial charge in [-0.25, -0.2) is 4.79 Å². The molecule has 2 atom stereocenters. The van der Waals surface area contributed by atoms with Gasteiger partial charge in [0.25, 0.3) is 11.6 Å². The number of carbonyl (C=O) groups is 4. The number of methoxy groups -OCH3 is 1. The molecule has 1 saturated heterocycles. The lowest BCUT2D eigenvalue weighted by Crippen LogP contribution is -2.80. The number of hydrogen-bond donors (Lipinski definition) is 2. The first-order valence-corrected chi connectivity index (χ1v) is 12.4. The van der Waals surface area contributed by atoms with E-state index in [4.69, 9.17) is 4.74 Å². The molecule has 2 heterocycles. The van der Waals surface area contributed by atoms with E-state index in [0.717, 1.165) is 22.2 Å². The van der Waals surface area contributed by atoms with E-state index in [2.05, 4.69) is 5.32 Å². The minimum Gasteiger partial charge on any atom is -0.477 e. The van der Waals surface area contributed by atoms with E-state index in [0.29, 0.717) is 11.1 Å². The number of carbonyl (C=O) groups excluding carboxylic acids is 3. The molecular weight excluding hydrogens is 476 g/mol. The number of hydrogen-bond acceptors (Lipinski definition) is 7. The summed E-state index contributed by atoms with van der Waals surface area (Å²) in [4.78, 5) is 51.5. The lowest BCUT2D eigenvalue weighted by molar-refractivity contribution is -0.192. The molecule has 0 aliphatic carbocycles. The predicted octanol–water partition coefficient (Wildman–Crippen LogP) is 2.52. The molecule has 10 heteroatoms. The summed E-state index contributed by atoms with van der Waals surface area (Å²) < 4.78 is 5.46. The Bertz CT molecular complexity index is 1150. The summed E-state index contributed by atoms with van der Waals surface area (Å²) in [6.07, 6.45) is 0.0573. The molecule has 0 unspecified atom stereocenters. The highest BCUT2D eigenvalue weighted by Gasteiger charge is 2.66. The summed E-state index contributed by atoms with van der Waals surface area (Å²) in [5.41, 5.74) is -0.0372. The number of carboxylic acid groups (broad SMARTS) is 1. The van der Waals surface area contributed by atoms with Gasteiger partial charge in [-0.1, -0.05) is 72.4 Å². The lowest BCUT2D eigenvalue weighted by Gasteiger charge is -2.55. The number of amides is 2. The Morgan fingerprint density at radius 2 is 1.79 bits per heavy atom. The SMILES string of the molecule is CO[C@@]1(NC(=O)Cc2ccccc2)C(=O)N2C(C(=O)O)=C(CSC(=O)c3ccccc3)CS[C@@H]21. The number of carboxylic acids is 1. The summed E-state index contributed by atoms with van der Waals surface area (Å²) in [5.74, 6) is -1.90. The molecule has 0 radical (unpaired) electrons. The predicted molar refractivity (Wildman–Crippen MR) is 129 cm³/mol. The topological polar surface area (TPSA) is 113 Å². The van der Waals surface area contributed by atoms with Crippen molar-refractivity contribution in [3.63, 3.8) is 0 Å². The minimum absolute atomic E-state index is 0.0573. The number of ether oxygens (including phenoxy) is 1. The van der Waals surface area contributed by atoms with Crippen LogP contribution in [0.2, 0.25) is 0 Å². The Morgan fingerprint density at radius 3 is 2.41 bits per heavy atom. The van der Waals surface area contributed by atoms with E-state index in [9.17, 15) is 24.3 Å². The summed E-state index contributed by atoms with van der Waals surface area (Å²) in [7, 11) is 1.31. The van der Waals surface area contributed by atoms with Gasteiger partial charge in [0.15, 0.2) is 0 Å². The highest BCUT2D eigenvalue weighted by Crippen LogP contribution is 2.47. The lowest BCUT2D eigenvalue weighted by atomic mass is 9.98. The fourth-order valence-corrected chi connectivity index (χ4v) is 6.31. The van der Waals surface area contributed by atoms with Crippen LogP contribution in [0.5, 0.6) is 0 Å². The molecule has 0 aromatic heterocycles.